The van der Waals surface area contributed by atoms with Crippen LogP contribution in [0.25, 0.3) is 57.5 Å². The van der Waals surface area contributed by atoms with Gasteiger partial charge in [0.1, 0.15) is 0 Å². The van der Waals surface area contributed by atoms with E-state index in [2.05, 4.69) is 116 Å². The van der Waals surface area contributed by atoms with E-state index in [1.165, 1.54) is 58.8 Å². The van der Waals surface area contributed by atoms with E-state index in [1.54, 1.807) is 0 Å². The molecule has 0 atom stereocenters. The minimum absolute atomic E-state index is 0. The molecule has 2 aliphatic heterocycles. The topological polar surface area (TPSA) is 54.0 Å². The number of fused-ring (bicyclic) bond motifs is 8. The first-order chi connectivity index (χ1) is 22.6. The van der Waals surface area contributed by atoms with Gasteiger partial charge >= 0.3 is 19.5 Å². The van der Waals surface area contributed by atoms with Gasteiger partial charge in [0.25, 0.3) is 0 Å². The Kier molecular flexibility index (Phi) is 12.8. The van der Waals surface area contributed by atoms with Crippen molar-refractivity contribution in [1.82, 2.24) is 19.9 Å². The number of halogens is 1. The summed E-state index contributed by atoms with van der Waals surface area (Å²) in [4.78, 5) is 21.3. The van der Waals surface area contributed by atoms with Crippen molar-refractivity contribution >= 4 is 69.0 Å². The summed E-state index contributed by atoms with van der Waals surface area (Å²) in [6.45, 7) is 6.78. The van der Waals surface area contributed by atoms with Crippen LogP contribution in [0.4, 0.5) is 0 Å². The Labute approximate surface area is 306 Å². The Balaban J connectivity index is 0.00000433. The van der Waals surface area contributed by atoms with Gasteiger partial charge in [-0.2, -0.15) is 0 Å². The molecular formula is C41H45IN4Zn. The molecule has 0 amide bonds. The molecule has 0 radical (unpaired) electrons. The Hall–Kier alpha value is -2.83. The van der Waals surface area contributed by atoms with Crippen LogP contribution in [0.1, 0.15) is 118 Å². The Morgan fingerprint density at radius 2 is 0.872 bits per heavy atom. The molecule has 4 nitrogen and oxygen atoms in total. The number of benzene rings is 1. The van der Waals surface area contributed by atoms with Gasteiger partial charge in [-0.05, 0) is 125 Å². The van der Waals surface area contributed by atoms with Crippen molar-refractivity contribution in [2.75, 3.05) is 0 Å². The summed E-state index contributed by atoms with van der Waals surface area (Å²) < 4.78 is 1.21. The van der Waals surface area contributed by atoms with Crippen molar-refractivity contribution in [2.45, 2.75) is 97.8 Å². The fraction of sp³-hybridized carbons (Fsp3) is 0.366. The van der Waals surface area contributed by atoms with Crippen LogP contribution in [0, 0.1) is 3.57 Å². The summed E-state index contributed by atoms with van der Waals surface area (Å²) in [5, 5.41) is 0. The number of aromatic nitrogens is 4. The summed E-state index contributed by atoms with van der Waals surface area (Å²) in [6.07, 6.45) is 22.2. The summed E-state index contributed by atoms with van der Waals surface area (Å²) in [5.74, 6) is 0. The van der Waals surface area contributed by atoms with Crippen molar-refractivity contribution in [3.63, 3.8) is 0 Å². The summed E-state index contributed by atoms with van der Waals surface area (Å²) >= 11 is 2.37. The second-order valence-electron chi connectivity index (χ2n) is 12.6. The third-order valence-electron chi connectivity index (χ3n) is 9.15. The first kappa shape index (κ1) is 35.5. The number of aryl methyl sites for hydroxylation is 3. The molecule has 5 heterocycles. The van der Waals surface area contributed by atoms with Crippen molar-refractivity contribution in [2.24, 2.45) is 0 Å². The van der Waals surface area contributed by atoms with Gasteiger partial charge in [0.15, 0.2) is 0 Å². The van der Waals surface area contributed by atoms with Crippen LogP contribution < -0.4 is 9.97 Å². The standard InChI is InChI=1S/C41H45IN4.Zn/c1-4-7-10-13-30-33-20-22-35(43-33)31(14-11-8-5-2)37-24-26-39(45-37)41(28-16-18-29(42)19-17-28)40-27-25-38(46-40)32(15-12-9-6-3)36-23-21-34(30)44-36;/h16-27H,4-15H2,1-3H3;/q-2;+2. The predicted octanol–water partition coefficient (Wildman–Crippen LogP) is 11.4. The molecule has 0 saturated heterocycles. The quantitative estimate of drug-likeness (QED) is 0.0665. The summed E-state index contributed by atoms with van der Waals surface area (Å²) in [6, 6.07) is 17.5. The molecule has 4 aromatic rings. The van der Waals surface area contributed by atoms with Crippen molar-refractivity contribution in [3.8, 4) is 11.1 Å². The van der Waals surface area contributed by atoms with Gasteiger partial charge in [0, 0.05) is 3.57 Å². The predicted molar refractivity (Wildman–Crippen MR) is 205 cm³/mol. The maximum Gasteiger partial charge on any atom is 2.00 e. The Morgan fingerprint density at radius 3 is 1.32 bits per heavy atom. The van der Waals surface area contributed by atoms with Crippen LogP contribution in [-0.4, -0.2) is 9.97 Å². The Bertz CT molecular complexity index is 1890. The molecule has 0 spiro atoms. The van der Waals surface area contributed by atoms with Gasteiger partial charge in [-0.25, -0.2) is 9.97 Å². The van der Waals surface area contributed by atoms with Crippen LogP contribution >= 0.6 is 22.6 Å². The fourth-order valence-corrected chi connectivity index (χ4v) is 6.96. The number of rotatable bonds is 13. The molecule has 6 rings (SSSR count). The van der Waals surface area contributed by atoms with Crippen LogP contribution in [-0.2, 0) is 38.7 Å². The summed E-state index contributed by atoms with van der Waals surface area (Å²) in [7, 11) is 0. The molecule has 8 bridgehead atoms. The number of nitrogens with zero attached hydrogens (tertiary/aromatic N) is 4. The van der Waals surface area contributed by atoms with E-state index in [1.807, 2.05) is 0 Å². The SMILES string of the molecule is CCCCCc1c2nc(c(CCCCC)c3ccc([n-]3)c(-c3ccc(I)cc3)c3nc(c(CCCCC)c4ccc1[n-]4)C=C3)C=C2.[Zn+2]. The third-order valence-corrected chi connectivity index (χ3v) is 9.87. The minimum Gasteiger partial charge on any atom is -0.657 e. The molecule has 6 heteroatoms. The van der Waals surface area contributed by atoms with Crippen LogP contribution in [0.15, 0.2) is 48.5 Å². The smallest absolute Gasteiger partial charge is 0.657 e. The number of hydrogen-bond acceptors (Lipinski definition) is 2. The van der Waals surface area contributed by atoms with E-state index in [0.29, 0.717) is 0 Å². The normalized spacial score (nSPS) is 12.1. The van der Waals surface area contributed by atoms with Crippen molar-refractivity contribution < 1.29 is 19.5 Å². The second-order valence-corrected chi connectivity index (χ2v) is 13.8. The molecule has 0 fully saturated rings. The van der Waals surface area contributed by atoms with E-state index >= 15 is 0 Å². The third kappa shape index (κ3) is 8.25. The monoisotopic (exact) mass is 784 g/mol. The summed E-state index contributed by atoms with van der Waals surface area (Å²) in [5.41, 5.74) is 14.0. The molecule has 0 aliphatic carbocycles. The molecule has 1 aromatic carbocycles. The van der Waals surface area contributed by atoms with Crippen molar-refractivity contribution in [3.05, 3.63) is 91.6 Å². The van der Waals surface area contributed by atoms with E-state index < -0.39 is 0 Å². The van der Waals surface area contributed by atoms with Crippen LogP contribution in [0.5, 0.6) is 0 Å². The van der Waals surface area contributed by atoms with Gasteiger partial charge in [-0.1, -0.05) is 95.7 Å². The molecule has 47 heavy (non-hydrogen) atoms. The number of unbranched alkanes of at least 4 members (excludes halogenated alkanes) is 6. The van der Waals surface area contributed by atoms with Gasteiger partial charge < -0.3 is 9.97 Å². The largest absolute Gasteiger partial charge is 2.00 e. The number of hydrogen-bond donors (Lipinski definition) is 0. The average Bonchev–Trinajstić information content (AvgIpc) is 3.89. The molecule has 0 saturated carbocycles. The zero-order valence-electron chi connectivity index (χ0n) is 28.3. The molecular weight excluding hydrogens is 741 g/mol. The second kappa shape index (κ2) is 17.0. The maximum atomic E-state index is 5.34. The van der Waals surface area contributed by atoms with Gasteiger partial charge in [-0.15, -0.1) is 22.1 Å². The van der Waals surface area contributed by atoms with E-state index in [0.717, 1.165) is 94.5 Å². The van der Waals surface area contributed by atoms with Crippen LogP contribution in [0.2, 0.25) is 0 Å². The van der Waals surface area contributed by atoms with Gasteiger partial charge in [-0.3, -0.25) is 0 Å². The molecule has 3 aromatic heterocycles. The van der Waals surface area contributed by atoms with Gasteiger partial charge in [0.2, 0.25) is 0 Å². The Morgan fingerprint density at radius 1 is 0.489 bits per heavy atom. The first-order valence-electron chi connectivity index (χ1n) is 17.4. The maximum absolute atomic E-state index is 5.34. The molecule has 0 N–H and O–H groups in total. The minimum atomic E-state index is 0. The van der Waals surface area contributed by atoms with Crippen molar-refractivity contribution in [1.29, 1.82) is 0 Å². The molecule has 2 aliphatic rings. The van der Waals surface area contributed by atoms with E-state index in [4.69, 9.17) is 19.9 Å². The first-order valence-corrected chi connectivity index (χ1v) is 18.5. The fourth-order valence-electron chi connectivity index (χ4n) is 6.60. The molecule has 238 valence electrons. The zero-order valence-corrected chi connectivity index (χ0v) is 33.4. The van der Waals surface area contributed by atoms with Crippen LogP contribution in [0.3, 0.4) is 0 Å². The average molecular weight is 786 g/mol. The van der Waals surface area contributed by atoms with Gasteiger partial charge in [0.05, 0.1) is 22.8 Å². The zero-order chi connectivity index (χ0) is 31.9. The van der Waals surface area contributed by atoms with E-state index in [-0.39, 0.29) is 19.5 Å². The molecule has 0 unspecified atom stereocenters. The van der Waals surface area contributed by atoms with E-state index in [9.17, 15) is 0 Å².